The van der Waals surface area contributed by atoms with Gasteiger partial charge in [0.2, 0.25) is 0 Å². The fourth-order valence-corrected chi connectivity index (χ4v) is 3.90. The van der Waals surface area contributed by atoms with Crippen LogP contribution in [0.1, 0.15) is 16.8 Å². The van der Waals surface area contributed by atoms with Crippen molar-refractivity contribution in [1.82, 2.24) is 4.57 Å². The smallest absolute Gasteiger partial charge is 0.360 e. The molecule has 0 heterocycles. The van der Waals surface area contributed by atoms with Crippen molar-refractivity contribution in [2.75, 3.05) is 34.4 Å². The predicted molar refractivity (Wildman–Crippen MR) is 77.9 cm³/mol. The molecule has 1 aromatic rings. The van der Waals surface area contributed by atoms with Crippen LogP contribution in [0.3, 0.4) is 0 Å². The first kappa shape index (κ1) is 16.8. The molecule has 7 heteroatoms. The van der Waals surface area contributed by atoms with E-state index in [9.17, 15) is 4.79 Å². The molecule has 1 amide bonds. The monoisotopic (exact) mass is 298 g/mol. The Kier molecular flexibility index (Phi) is 6.83. The van der Waals surface area contributed by atoms with Crippen molar-refractivity contribution in [2.24, 2.45) is 5.73 Å². The summed E-state index contributed by atoms with van der Waals surface area (Å²) in [6.07, 6.45) is 0.642. The molecule has 2 N–H and O–H groups in total. The Balaban J connectivity index is 3.08. The maximum atomic E-state index is 12.7. The molecule has 0 fully saturated rings. The summed E-state index contributed by atoms with van der Waals surface area (Å²) in [6.45, 7) is 0.895. The van der Waals surface area contributed by atoms with Gasteiger partial charge in [0.15, 0.2) is 0 Å². The van der Waals surface area contributed by atoms with Gasteiger partial charge in [-0.05, 0) is 25.1 Å². The van der Waals surface area contributed by atoms with Crippen LogP contribution in [-0.4, -0.2) is 53.9 Å². The Bertz CT molecular complexity index is 404. The second-order valence-electron chi connectivity index (χ2n) is 4.10. The lowest BCUT2D eigenvalue weighted by Gasteiger charge is -2.35. The van der Waals surface area contributed by atoms with E-state index in [1.54, 1.807) is 12.1 Å². The molecular formula is C13H22N2O4Si. The van der Waals surface area contributed by atoms with E-state index in [1.807, 2.05) is 18.2 Å². The highest BCUT2D eigenvalue weighted by Crippen LogP contribution is 2.17. The highest BCUT2D eigenvalue weighted by Gasteiger charge is 2.49. The minimum absolute atomic E-state index is 0.184. The fraction of sp³-hybridized carbons (Fsp3) is 0.462. The molecule has 0 saturated heterocycles. The van der Waals surface area contributed by atoms with E-state index in [0.29, 0.717) is 25.1 Å². The quantitative estimate of drug-likeness (QED) is 0.720. The molecule has 112 valence electrons. The van der Waals surface area contributed by atoms with Crippen molar-refractivity contribution in [2.45, 2.75) is 6.42 Å². The Labute approximate surface area is 120 Å². The number of carbonyl (C=O) groups is 1. The van der Waals surface area contributed by atoms with Crippen LogP contribution in [0.15, 0.2) is 30.3 Å². The van der Waals surface area contributed by atoms with Crippen molar-refractivity contribution in [3.05, 3.63) is 35.9 Å². The molecule has 1 aromatic carbocycles. The molecule has 0 aliphatic carbocycles. The molecule has 0 aliphatic rings. The molecule has 0 spiro atoms. The summed E-state index contributed by atoms with van der Waals surface area (Å²) in [6, 6.07) is 8.97. The van der Waals surface area contributed by atoms with Crippen LogP contribution in [0.25, 0.3) is 0 Å². The van der Waals surface area contributed by atoms with E-state index in [0.717, 1.165) is 0 Å². The van der Waals surface area contributed by atoms with Crippen molar-refractivity contribution >= 4 is 14.9 Å². The lowest BCUT2D eigenvalue weighted by atomic mass is 10.2. The van der Waals surface area contributed by atoms with Gasteiger partial charge >= 0.3 is 8.97 Å². The first-order valence-corrected chi connectivity index (χ1v) is 8.05. The second kappa shape index (κ2) is 8.13. The lowest BCUT2D eigenvalue weighted by molar-refractivity contribution is 0.0447. The standard InChI is InChI=1S/C13H22N2O4Si/c1-17-20(18-2,19-3)15(11-7-10-14)13(16)12-8-5-4-6-9-12/h4-6,8-9H,7,10-11,14H2,1-3H3. The lowest BCUT2D eigenvalue weighted by Crippen LogP contribution is -2.62. The van der Waals surface area contributed by atoms with Gasteiger partial charge in [-0.25, -0.2) is 0 Å². The summed E-state index contributed by atoms with van der Waals surface area (Å²) < 4.78 is 17.7. The molecule has 0 atom stereocenters. The maximum Gasteiger partial charge on any atom is 0.635 e. The topological polar surface area (TPSA) is 74.0 Å². The van der Waals surface area contributed by atoms with Gasteiger partial charge in [-0.2, -0.15) is 0 Å². The number of hydrogen-bond donors (Lipinski definition) is 1. The molecule has 0 aromatic heterocycles. The zero-order valence-electron chi connectivity index (χ0n) is 12.2. The van der Waals surface area contributed by atoms with Gasteiger partial charge < -0.3 is 19.0 Å². The Morgan fingerprint density at radius 1 is 1.15 bits per heavy atom. The van der Waals surface area contributed by atoms with Crippen LogP contribution < -0.4 is 5.73 Å². The van der Waals surface area contributed by atoms with Crippen molar-refractivity contribution in [3.8, 4) is 0 Å². The van der Waals surface area contributed by atoms with Gasteiger partial charge in [-0.15, -0.1) is 0 Å². The van der Waals surface area contributed by atoms with Gasteiger partial charge in [0.05, 0.1) is 0 Å². The fourth-order valence-electron chi connectivity index (χ4n) is 1.93. The van der Waals surface area contributed by atoms with Gasteiger partial charge in [0.1, 0.15) is 0 Å². The summed E-state index contributed by atoms with van der Waals surface area (Å²) in [5, 5.41) is 0. The Hall–Kier alpha value is -1.25. The molecular weight excluding hydrogens is 276 g/mol. The number of nitrogens with two attached hydrogens (primary N) is 1. The van der Waals surface area contributed by atoms with Crippen molar-refractivity contribution < 1.29 is 18.1 Å². The molecule has 20 heavy (non-hydrogen) atoms. The van der Waals surface area contributed by atoms with Crippen LogP contribution in [0.5, 0.6) is 0 Å². The number of rotatable bonds is 8. The third-order valence-corrected chi connectivity index (χ3v) is 5.59. The van der Waals surface area contributed by atoms with Crippen LogP contribution in [0, 0.1) is 0 Å². The largest absolute Gasteiger partial charge is 0.635 e. The zero-order valence-corrected chi connectivity index (χ0v) is 13.2. The molecule has 0 aliphatic heterocycles. The normalized spacial score (nSPS) is 11.4. The van der Waals surface area contributed by atoms with Crippen LogP contribution >= 0.6 is 0 Å². The molecule has 0 bridgehead atoms. The summed E-state index contributed by atoms with van der Waals surface area (Å²) in [5.74, 6) is -0.184. The number of carbonyl (C=O) groups excluding carboxylic acids is 1. The summed E-state index contributed by atoms with van der Waals surface area (Å²) in [7, 11) is 1.24. The van der Waals surface area contributed by atoms with E-state index in [4.69, 9.17) is 19.0 Å². The van der Waals surface area contributed by atoms with E-state index in [1.165, 1.54) is 25.9 Å². The predicted octanol–water partition coefficient (Wildman–Crippen LogP) is 0.852. The number of nitrogens with zero attached hydrogens (tertiary/aromatic N) is 1. The first-order chi connectivity index (χ1) is 9.65. The average Bonchev–Trinajstić information content (AvgIpc) is 2.52. The minimum atomic E-state index is -3.20. The number of hydrogen-bond acceptors (Lipinski definition) is 5. The molecule has 6 nitrogen and oxygen atoms in total. The third kappa shape index (κ3) is 3.65. The number of benzene rings is 1. The first-order valence-electron chi connectivity index (χ1n) is 6.37. The highest BCUT2D eigenvalue weighted by atomic mass is 28.4. The Morgan fingerprint density at radius 3 is 2.15 bits per heavy atom. The highest BCUT2D eigenvalue weighted by molar-refractivity contribution is 6.60. The summed E-state index contributed by atoms with van der Waals surface area (Å²) in [4.78, 5) is 12.7. The van der Waals surface area contributed by atoms with Gasteiger partial charge in [0, 0.05) is 33.4 Å². The van der Waals surface area contributed by atoms with E-state index >= 15 is 0 Å². The molecule has 0 radical (unpaired) electrons. The molecule has 0 saturated carbocycles. The average molecular weight is 298 g/mol. The van der Waals surface area contributed by atoms with Crippen LogP contribution in [0.4, 0.5) is 0 Å². The van der Waals surface area contributed by atoms with E-state index in [2.05, 4.69) is 0 Å². The van der Waals surface area contributed by atoms with Gasteiger partial charge in [-0.3, -0.25) is 9.36 Å². The minimum Gasteiger partial charge on any atom is -0.360 e. The summed E-state index contributed by atoms with van der Waals surface area (Å²) in [5.41, 5.74) is 6.10. The SMILES string of the molecule is CO[Si](OC)(OC)N(CCCN)C(=O)c1ccccc1. The maximum absolute atomic E-state index is 12.7. The third-order valence-electron chi connectivity index (χ3n) is 2.96. The van der Waals surface area contributed by atoms with Crippen LogP contribution in [0.2, 0.25) is 0 Å². The zero-order chi connectivity index (χ0) is 15.0. The molecule has 1 rings (SSSR count). The number of amides is 1. The van der Waals surface area contributed by atoms with Gasteiger partial charge in [-0.1, -0.05) is 18.2 Å². The second-order valence-corrected chi connectivity index (χ2v) is 6.91. The Morgan fingerprint density at radius 2 is 1.70 bits per heavy atom. The molecule has 0 unspecified atom stereocenters. The summed E-state index contributed by atoms with van der Waals surface area (Å²) >= 11 is 0. The van der Waals surface area contributed by atoms with Crippen molar-refractivity contribution in [1.29, 1.82) is 0 Å². The van der Waals surface area contributed by atoms with E-state index in [-0.39, 0.29) is 5.91 Å². The van der Waals surface area contributed by atoms with Crippen LogP contribution in [-0.2, 0) is 13.3 Å². The van der Waals surface area contributed by atoms with E-state index < -0.39 is 8.97 Å². The van der Waals surface area contributed by atoms with Gasteiger partial charge in [0.25, 0.3) is 5.91 Å². The van der Waals surface area contributed by atoms with Crippen molar-refractivity contribution in [3.63, 3.8) is 0 Å².